The number of carbonyl (C=O) groups is 1. The highest BCUT2D eigenvalue weighted by Crippen LogP contribution is 2.26. The van der Waals surface area contributed by atoms with Crippen LogP contribution in [0.1, 0.15) is 45.1 Å². The van der Waals surface area contributed by atoms with Gasteiger partial charge in [-0.05, 0) is 24.8 Å². The molecule has 1 aliphatic carbocycles. The van der Waals surface area contributed by atoms with Gasteiger partial charge in [-0.2, -0.15) is 0 Å². The van der Waals surface area contributed by atoms with E-state index in [9.17, 15) is 4.79 Å². The standard InChI is InChI=1S/C17H26N2O/c1-17(2,14-8-4-3-5-9-14)12-19-15-10-6-7-13(11-15)16(18)20/h3-5,8-9,13,15,19H,6-7,10-12H2,1-2H3,(H2,18,20). The Morgan fingerprint density at radius 2 is 2.00 bits per heavy atom. The Kier molecular flexibility index (Phi) is 4.81. The van der Waals surface area contributed by atoms with Gasteiger partial charge in [0.15, 0.2) is 0 Å². The quantitative estimate of drug-likeness (QED) is 0.867. The van der Waals surface area contributed by atoms with E-state index in [0.29, 0.717) is 6.04 Å². The van der Waals surface area contributed by atoms with E-state index in [1.54, 1.807) is 0 Å². The van der Waals surface area contributed by atoms with Crippen molar-refractivity contribution < 1.29 is 4.79 Å². The molecule has 0 bridgehead atoms. The van der Waals surface area contributed by atoms with Crippen LogP contribution in [0.5, 0.6) is 0 Å². The van der Waals surface area contributed by atoms with Gasteiger partial charge < -0.3 is 11.1 Å². The average molecular weight is 274 g/mol. The minimum absolute atomic E-state index is 0.0566. The molecule has 110 valence electrons. The molecule has 0 spiro atoms. The first kappa shape index (κ1) is 15.0. The maximum absolute atomic E-state index is 11.3. The van der Waals surface area contributed by atoms with Crippen LogP contribution >= 0.6 is 0 Å². The first-order valence-electron chi connectivity index (χ1n) is 7.57. The van der Waals surface area contributed by atoms with Gasteiger partial charge in [0, 0.05) is 23.9 Å². The molecule has 2 rings (SSSR count). The summed E-state index contributed by atoms with van der Waals surface area (Å²) in [6, 6.07) is 11.0. The van der Waals surface area contributed by atoms with Gasteiger partial charge in [-0.1, -0.05) is 50.6 Å². The van der Waals surface area contributed by atoms with Crippen molar-refractivity contribution in [3.63, 3.8) is 0 Å². The number of rotatable bonds is 5. The minimum Gasteiger partial charge on any atom is -0.369 e. The van der Waals surface area contributed by atoms with Gasteiger partial charge in [0.1, 0.15) is 0 Å². The van der Waals surface area contributed by atoms with Crippen molar-refractivity contribution in [1.82, 2.24) is 5.32 Å². The molecular formula is C17H26N2O. The zero-order chi connectivity index (χ0) is 14.6. The second-order valence-corrected chi connectivity index (χ2v) is 6.59. The van der Waals surface area contributed by atoms with E-state index in [-0.39, 0.29) is 17.2 Å². The Labute approximate surface area is 121 Å². The Hall–Kier alpha value is -1.35. The normalized spacial score (nSPS) is 23.5. The van der Waals surface area contributed by atoms with Gasteiger partial charge in [0.2, 0.25) is 5.91 Å². The summed E-state index contributed by atoms with van der Waals surface area (Å²) in [7, 11) is 0. The molecule has 0 radical (unpaired) electrons. The number of amides is 1. The predicted molar refractivity (Wildman–Crippen MR) is 82.4 cm³/mol. The van der Waals surface area contributed by atoms with Crippen LogP contribution in [0, 0.1) is 5.92 Å². The third-order valence-electron chi connectivity index (χ3n) is 4.46. The molecule has 1 fully saturated rings. The van der Waals surface area contributed by atoms with Gasteiger partial charge in [-0.25, -0.2) is 0 Å². The summed E-state index contributed by atoms with van der Waals surface area (Å²) in [5.74, 6) is -0.0834. The fraction of sp³-hybridized carbons (Fsp3) is 0.588. The summed E-state index contributed by atoms with van der Waals surface area (Å²) in [4.78, 5) is 11.3. The fourth-order valence-electron chi connectivity index (χ4n) is 3.02. The number of carbonyl (C=O) groups excluding carboxylic acids is 1. The molecule has 3 heteroatoms. The molecule has 1 saturated carbocycles. The van der Waals surface area contributed by atoms with Crippen molar-refractivity contribution in [3.8, 4) is 0 Å². The maximum Gasteiger partial charge on any atom is 0.220 e. The van der Waals surface area contributed by atoms with Crippen molar-refractivity contribution in [3.05, 3.63) is 35.9 Å². The highest BCUT2D eigenvalue weighted by atomic mass is 16.1. The smallest absolute Gasteiger partial charge is 0.220 e. The lowest BCUT2D eigenvalue weighted by atomic mass is 9.82. The van der Waals surface area contributed by atoms with Crippen LogP contribution in [0.15, 0.2) is 30.3 Å². The molecule has 0 aliphatic heterocycles. The first-order chi connectivity index (χ1) is 9.49. The lowest BCUT2D eigenvalue weighted by Crippen LogP contribution is -2.43. The van der Waals surface area contributed by atoms with Crippen LogP contribution in [0.4, 0.5) is 0 Å². The van der Waals surface area contributed by atoms with Crippen LogP contribution < -0.4 is 11.1 Å². The maximum atomic E-state index is 11.3. The average Bonchev–Trinajstić information content (AvgIpc) is 2.46. The second kappa shape index (κ2) is 6.40. The number of benzene rings is 1. The summed E-state index contributed by atoms with van der Waals surface area (Å²) in [6.07, 6.45) is 4.08. The lowest BCUT2D eigenvalue weighted by Gasteiger charge is -2.32. The number of hydrogen-bond donors (Lipinski definition) is 2. The molecule has 0 heterocycles. The Morgan fingerprint density at radius 3 is 2.65 bits per heavy atom. The Balaban J connectivity index is 1.90. The molecule has 3 N–H and O–H groups in total. The molecule has 0 aromatic heterocycles. The number of primary amides is 1. The number of nitrogens with two attached hydrogens (primary N) is 1. The number of hydrogen-bond acceptors (Lipinski definition) is 2. The van der Waals surface area contributed by atoms with Gasteiger partial charge >= 0.3 is 0 Å². The fourth-order valence-corrected chi connectivity index (χ4v) is 3.02. The third kappa shape index (κ3) is 3.83. The number of nitrogens with one attached hydrogen (secondary N) is 1. The molecule has 3 nitrogen and oxygen atoms in total. The molecule has 1 amide bonds. The van der Waals surface area contributed by atoms with Gasteiger partial charge in [0.05, 0.1) is 0 Å². The molecule has 1 aliphatic rings. The highest BCUT2D eigenvalue weighted by Gasteiger charge is 2.27. The van der Waals surface area contributed by atoms with E-state index in [2.05, 4.69) is 43.4 Å². The van der Waals surface area contributed by atoms with E-state index >= 15 is 0 Å². The van der Waals surface area contributed by atoms with Crippen molar-refractivity contribution in [1.29, 1.82) is 0 Å². The minimum atomic E-state index is -0.140. The molecule has 2 unspecified atom stereocenters. The largest absolute Gasteiger partial charge is 0.369 e. The van der Waals surface area contributed by atoms with Crippen molar-refractivity contribution in [2.45, 2.75) is 51.0 Å². The Morgan fingerprint density at radius 1 is 1.30 bits per heavy atom. The van der Waals surface area contributed by atoms with Crippen LogP contribution in [0.3, 0.4) is 0 Å². The second-order valence-electron chi connectivity index (χ2n) is 6.59. The zero-order valence-corrected chi connectivity index (χ0v) is 12.6. The van der Waals surface area contributed by atoms with Crippen LogP contribution in [-0.4, -0.2) is 18.5 Å². The zero-order valence-electron chi connectivity index (χ0n) is 12.6. The highest BCUT2D eigenvalue weighted by molar-refractivity contribution is 5.76. The summed E-state index contributed by atoms with van der Waals surface area (Å²) in [5, 5.41) is 3.64. The van der Waals surface area contributed by atoms with E-state index in [1.807, 2.05) is 6.07 Å². The van der Waals surface area contributed by atoms with Gasteiger partial charge in [-0.3, -0.25) is 4.79 Å². The van der Waals surface area contributed by atoms with E-state index in [1.165, 1.54) is 5.56 Å². The SMILES string of the molecule is CC(C)(CNC1CCCC(C(N)=O)C1)c1ccccc1. The molecule has 20 heavy (non-hydrogen) atoms. The third-order valence-corrected chi connectivity index (χ3v) is 4.46. The summed E-state index contributed by atoms with van der Waals surface area (Å²) in [6.45, 7) is 5.43. The topological polar surface area (TPSA) is 55.1 Å². The lowest BCUT2D eigenvalue weighted by molar-refractivity contribution is -0.122. The van der Waals surface area contributed by atoms with Crippen molar-refractivity contribution in [2.24, 2.45) is 11.7 Å². The monoisotopic (exact) mass is 274 g/mol. The van der Waals surface area contributed by atoms with Crippen molar-refractivity contribution >= 4 is 5.91 Å². The molecule has 0 saturated heterocycles. The van der Waals surface area contributed by atoms with Crippen LogP contribution in [-0.2, 0) is 10.2 Å². The Bertz CT molecular complexity index is 442. The molecule has 1 aromatic rings. The van der Waals surface area contributed by atoms with E-state index < -0.39 is 0 Å². The van der Waals surface area contributed by atoms with Crippen LogP contribution in [0.2, 0.25) is 0 Å². The van der Waals surface area contributed by atoms with Gasteiger partial charge in [0.25, 0.3) is 0 Å². The van der Waals surface area contributed by atoms with E-state index in [0.717, 1.165) is 32.2 Å². The van der Waals surface area contributed by atoms with E-state index in [4.69, 9.17) is 5.73 Å². The van der Waals surface area contributed by atoms with Crippen molar-refractivity contribution in [2.75, 3.05) is 6.54 Å². The predicted octanol–water partition coefficient (Wildman–Crippen LogP) is 2.60. The molecular weight excluding hydrogens is 248 g/mol. The first-order valence-corrected chi connectivity index (χ1v) is 7.57. The molecule has 1 aromatic carbocycles. The van der Waals surface area contributed by atoms with Gasteiger partial charge in [-0.15, -0.1) is 0 Å². The summed E-state index contributed by atoms with van der Waals surface area (Å²) < 4.78 is 0. The molecule has 2 atom stereocenters. The summed E-state index contributed by atoms with van der Waals surface area (Å²) >= 11 is 0. The summed E-state index contributed by atoms with van der Waals surface area (Å²) in [5.41, 5.74) is 6.88. The van der Waals surface area contributed by atoms with Crippen LogP contribution in [0.25, 0.3) is 0 Å².